The van der Waals surface area contributed by atoms with E-state index in [9.17, 15) is 9.18 Å². The van der Waals surface area contributed by atoms with Crippen molar-refractivity contribution in [2.24, 2.45) is 0 Å². The SMILES string of the molecule is CCN(Cc1ccc2c(c1)OCO2)C(C)C(=O)N(C)Cc1cccc(F)c1. The van der Waals surface area contributed by atoms with E-state index in [-0.39, 0.29) is 24.6 Å². The Morgan fingerprint density at radius 3 is 2.59 bits per heavy atom. The number of nitrogens with zero attached hydrogens (tertiary/aromatic N) is 2. The number of carbonyl (C=O) groups is 1. The Morgan fingerprint density at radius 1 is 1.11 bits per heavy atom. The summed E-state index contributed by atoms with van der Waals surface area (Å²) < 4.78 is 24.1. The Labute approximate surface area is 159 Å². The van der Waals surface area contributed by atoms with Crippen molar-refractivity contribution in [3.8, 4) is 11.5 Å². The highest BCUT2D eigenvalue weighted by atomic mass is 19.1. The maximum Gasteiger partial charge on any atom is 0.239 e. The minimum Gasteiger partial charge on any atom is -0.454 e. The van der Waals surface area contributed by atoms with Gasteiger partial charge >= 0.3 is 0 Å². The molecule has 1 aliphatic heterocycles. The van der Waals surface area contributed by atoms with Crippen molar-refractivity contribution in [2.75, 3.05) is 20.4 Å². The van der Waals surface area contributed by atoms with Crippen LogP contribution in [0.25, 0.3) is 0 Å². The monoisotopic (exact) mass is 372 g/mol. The lowest BCUT2D eigenvalue weighted by molar-refractivity contribution is -0.135. The van der Waals surface area contributed by atoms with Gasteiger partial charge in [0.1, 0.15) is 5.82 Å². The van der Waals surface area contributed by atoms with Crippen LogP contribution >= 0.6 is 0 Å². The first kappa shape index (κ1) is 19.2. The summed E-state index contributed by atoms with van der Waals surface area (Å²) in [5, 5.41) is 0. The lowest BCUT2D eigenvalue weighted by Crippen LogP contribution is -2.45. The summed E-state index contributed by atoms with van der Waals surface area (Å²) in [6.07, 6.45) is 0. The van der Waals surface area contributed by atoms with Gasteiger partial charge in [-0.15, -0.1) is 0 Å². The van der Waals surface area contributed by atoms with Crippen LogP contribution in [0.1, 0.15) is 25.0 Å². The maximum atomic E-state index is 13.4. The van der Waals surface area contributed by atoms with Crippen molar-refractivity contribution in [3.05, 3.63) is 59.4 Å². The molecule has 1 unspecified atom stereocenters. The summed E-state index contributed by atoms with van der Waals surface area (Å²) in [5.41, 5.74) is 1.84. The van der Waals surface area contributed by atoms with E-state index in [4.69, 9.17) is 9.47 Å². The zero-order valence-electron chi connectivity index (χ0n) is 15.9. The Balaban J connectivity index is 1.64. The summed E-state index contributed by atoms with van der Waals surface area (Å²) in [5.74, 6) is 1.20. The summed E-state index contributed by atoms with van der Waals surface area (Å²) in [6.45, 7) is 5.92. The van der Waals surface area contributed by atoms with E-state index >= 15 is 0 Å². The predicted octanol–water partition coefficient (Wildman–Crippen LogP) is 3.42. The summed E-state index contributed by atoms with van der Waals surface area (Å²) in [6, 6.07) is 11.9. The molecule has 2 aromatic rings. The Kier molecular flexibility index (Phi) is 5.96. The first-order chi connectivity index (χ1) is 13.0. The first-order valence-corrected chi connectivity index (χ1v) is 9.10. The number of hydrogen-bond acceptors (Lipinski definition) is 4. The number of rotatable bonds is 7. The number of fused-ring (bicyclic) bond motifs is 1. The molecule has 144 valence electrons. The topological polar surface area (TPSA) is 42.0 Å². The number of benzene rings is 2. The van der Waals surface area contributed by atoms with Gasteiger partial charge in [-0.05, 0) is 48.9 Å². The molecule has 0 aliphatic carbocycles. The lowest BCUT2D eigenvalue weighted by atomic mass is 10.1. The molecule has 0 spiro atoms. The van der Waals surface area contributed by atoms with Crippen molar-refractivity contribution in [1.29, 1.82) is 0 Å². The molecular weight excluding hydrogens is 347 g/mol. The van der Waals surface area contributed by atoms with Gasteiger partial charge in [-0.1, -0.05) is 25.1 Å². The van der Waals surface area contributed by atoms with Gasteiger partial charge in [-0.25, -0.2) is 4.39 Å². The summed E-state index contributed by atoms with van der Waals surface area (Å²) in [4.78, 5) is 16.6. The lowest BCUT2D eigenvalue weighted by Gasteiger charge is -2.30. The van der Waals surface area contributed by atoms with Crippen molar-refractivity contribution in [2.45, 2.75) is 33.0 Å². The smallest absolute Gasteiger partial charge is 0.239 e. The van der Waals surface area contributed by atoms with Crippen molar-refractivity contribution < 1.29 is 18.7 Å². The second-order valence-corrected chi connectivity index (χ2v) is 6.75. The summed E-state index contributed by atoms with van der Waals surface area (Å²) >= 11 is 0. The normalized spacial score (nSPS) is 13.7. The molecule has 1 atom stereocenters. The van der Waals surface area contributed by atoms with Crippen molar-refractivity contribution in [3.63, 3.8) is 0 Å². The van der Waals surface area contributed by atoms with Crippen LogP contribution in [0.4, 0.5) is 4.39 Å². The third kappa shape index (κ3) is 4.57. The predicted molar refractivity (Wildman–Crippen MR) is 101 cm³/mol. The van der Waals surface area contributed by atoms with Crippen LogP contribution in [0, 0.1) is 5.82 Å². The molecule has 27 heavy (non-hydrogen) atoms. The number of amides is 1. The van der Waals surface area contributed by atoms with Gasteiger partial charge in [0.15, 0.2) is 11.5 Å². The average molecular weight is 372 g/mol. The minimum absolute atomic E-state index is 0.00172. The van der Waals surface area contributed by atoms with Crippen LogP contribution in [0.5, 0.6) is 11.5 Å². The van der Waals surface area contributed by atoms with Crippen LogP contribution in [-0.4, -0.2) is 42.1 Å². The van der Waals surface area contributed by atoms with Gasteiger partial charge in [0.2, 0.25) is 12.7 Å². The average Bonchev–Trinajstić information content (AvgIpc) is 3.12. The van der Waals surface area contributed by atoms with Gasteiger partial charge in [-0.2, -0.15) is 0 Å². The van der Waals surface area contributed by atoms with Gasteiger partial charge in [0, 0.05) is 20.1 Å². The standard InChI is InChI=1S/C21H25FN2O3/c1-4-24(13-17-8-9-19-20(11-17)27-14-26-19)15(2)21(25)23(3)12-16-6-5-7-18(22)10-16/h5-11,15H,4,12-14H2,1-3H3. The van der Waals surface area contributed by atoms with Gasteiger partial charge in [-0.3, -0.25) is 9.69 Å². The minimum atomic E-state index is -0.293. The third-order valence-electron chi connectivity index (χ3n) is 4.82. The van der Waals surface area contributed by atoms with E-state index in [1.807, 2.05) is 38.1 Å². The number of likely N-dealkylation sites (N-methyl/N-ethyl adjacent to an activating group) is 2. The highest BCUT2D eigenvalue weighted by Crippen LogP contribution is 2.33. The molecule has 5 nitrogen and oxygen atoms in total. The number of halogens is 1. The zero-order chi connectivity index (χ0) is 19.4. The molecule has 0 N–H and O–H groups in total. The summed E-state index contributed by atoms with van der Waals surface area (Å²) in [7, 11) is 1.75. The molecule has 1 heterocycles. The van der Waals surface area contributed by atoms with Crippen LogP contribution < -0.4 is 9.47 Å². The molecule has 0 radical (unpaired) electrons. The van der Waals surface area contributed by atoms with E-state index < -0.39 is 0 Å². The molecule has 3 rings (SSSR count). The number of ether oxygens (including phenoxy) is 2. The maximum absolute atomic E-state index is 13.4. The molecule has 0 saturated heterocycles. The van der Waals surface area contributed by atoms with Gasteiger partial charge in [0.25, 0.3) is 0 Å². The fourth-order valence-electron chi connectivity index (χ4n) is 3.26. The van der Waals surface area contributed by atoms with Crippen LogP contribution in [-0.2, 0) is 17.9 Å². The molecule has 0 saturated carbocycles. The molecule has 1 aliphatic rings. The highest BCUT2D eigenvalue weighted by molar-refractivity contribution is 5.81. The van der Waals surface area contributed by atoms with E-state index in [0.717, 1.165) is 29.2 Å². The number of carbonyl (C=O) groups excluding carboxylic acids is 1. The van der Waals surface area contributed by atoms with E-state index in [1.165, 1.54) is 12.1 Å². The highest BCUT2D eigenvalue weighted by Gasteiger charge is 2.24. The van der Waals surface area contributed by atoms with Crippen molar-refractivity contribution >= 4 is 5.91 Å². The molecule has 0 bridgehead atoms. The van der Waals surface area contributed by atoms with Crippen LogP contribution in [0.3, 0.4) is 0 Å². The quantitative estimate of drug-likeness (QED) is 0.747. The fourth-order valence-corrected chi connectivity index (χ4v) is 3.26. The van der Waals surface area contributed by atoms with E-state index in [2.05, 4.69) is 4.90 Å². The Bertz CT molecular complexity index is 812. The second kappa shape index (κ2) is 8.39. The van der Waals surface area contributed by atoms with Gasteiger partial charge in [0.05, 0.1) is 6.04 Å². The first-order valence-electron chi connectivity index (χ1n) is 9.10. The van der Waals surface area contributed by atoms with E-state index in [1.54, 1.807) is 18.0 Å². The molecule has 6 heteroatoms. The largest absolute Gasteiger partial charge is 0.454 e. The van der Waals surface area contributed by atoms with Gasteiger partial charge < -0.3 is 14.4 Å². The zero-order valence-corrected chi connectivity index (χ0v) is 15.9. The molecule has 2 aromatic carbocycles. The molecular formula is C21H25FN2O3. The Hall–Kier alpha value is -2.60. The molecule has 1 amide bonds. The molecule has 0 aromatic heterocycles. The second-order valence-electron chi connectivity index (χ2n) is 6.75. The third-order valence-corrected chi connectivity index (χ3v) is 4.82. The molecule has 0 fully saturated rings. The van der Waals surface area contributed by atoms with Crippen LogP contribution in [0.15, 0.2) is 42.5 Å². The van der Waals surface area contributed by atoms with E-state index in [0.29, 0.717) is 13.1 Å². The van der Waals surface area contributed by atoms with Crippen molar-refractivity contribution in [1.82, 2.24) is 9.80 Å². The number of hydrogen-bond donors (Lipinski definition) is 0. The van der Waals surface area contributed by atoms with Crippen LogP contribution in [0.2, 0.25) is 0 Å². The fraction of sp³-hybridized carbons (Fsp3) is 0.381. The Morgan fingerprint density at radius 2 is 1.85 bits per heavy atom.